The van der Waals surface area contributed by atoms with Crippen LogP contribution in [0.4, 0.5) is 16.2 Å². The number of aliphatic hydroxyl groups is 1. The van der Waals surface area contributed by atoms with Gasteiger partial charge in [0.25, 0.3) is 0 Å². The van der Waals surface area contributed by atoms with Crippen LogP contribution in [0.15, 0.2) is 6.33 Å². The summed E-state index contributed by atoms with van der Waals surface area (Å²) in [6.07, 6.45) is 4.23. The molecule has 1 fully saturated rings. The van der Waals surface area contributed by atoms with Gasteiger partial charge in [-0.15, -0.1) is 10.9 Å². The molecule has 0 spiro atoms. The number of rotatable bonds is 14. The minimum atomic E-state index is -2.57. The highest BCUT2D eigenvalue weighted by molar-refractivity contribution is 7.36. The monoisotopic (exact) mass is 540 g/mol. The zero-order valence-electron chi connectivity index (χ0n) is 21.1. The highest BCUT2D eigenvalue weighted by atomic mass is 31.1. The van der Waals surface area contributed by atoms with Crippen LogP contribution in [0, 0.1) is 12.3 Å². The molecular formula is C22H32FN7O6P+. The average molecular weight is 541 g/mol. The number of nitrogens with zero attached hydrogens (tertiary/aromatic N) is 5. The molecule has 0 aromatic carbocycles. The molecule has 0 amide bonds. The summed E-state index contributed by atoms with van der Waals surface area (Å²) in [5, 5.41) is 12.7. The van der Waals surface area contributed by atoms with Gasteiger partial charge in [0.2, 0.25) is 5.95 Å². The summed E-state index contributed by atoms with van der Waals surface area (Å²) >= 11 is 0. The Morgan fingerprint density at radius 1 is 1.43 bits per heavy atom. The lowest BCUT2D eigenvalue weighted by atomic mass is 10.2. The number of carbonyl (C=O) groups is 1. The second kappa shape index (κ2) is 12.5. The number of nitrogens with one attached hydrogen (secondary N) is 1. The molecule has 0 bridgehead atoms. The summed E-state index contributed by atoms with van der Waals surface area (Å²) < 4.78 is 43.8. The molecule has 1 aliphatic carbocycles. The van der Waals surface area contributed by atoms with Gasteiger partial charge in [0.15, 0.2) is 23.2 Å². The Balaban J connectivity index is 1.73. The smallest absolute Gasteiger partial charge is 0.462 e. The minimum Gasteiger partial charge on any atom is -0.462 e. The van der Waals surface area contributed by atoms with Gasteiger partial charge in [-0.1, -0.05) is 11.0 Å². The Kier molecular flexibility index (Phi) is 9.69. The van der Waals surface area contributed by atoms with Crippen molar-refractivity contribution < 1.29 is 32.9 Å². The molecular weight excluding hydrogens is 508 g/mol. The van der Waals surface area contributed by atoms with Crippen molar-refractivity contribution in [2.24, 2.45) is 0 Å². The number of alkyl halides is 1. The van der Waals surface area contributed by atoms with E-state index in [1.807, 2.05) is 11.9 Å². The summed E-state index contributed by atoms with van der Waals surface area (Å²) in [5.41, 5.74) is 6.55. The third kappa shape index (κ3) is 7.30. The second-order valence-corrected chi connectivity index (χ2v) is 9.89. The Morgan fingerprint density at radius 2 is 2.14 bits per heavy atom. The number of hydrogen-bond donors (Lipinski definition) is 3. The van der Waals surface area contributed by atoms with E-state index < -0.39 is 51.9 Å². The van der Waals surface area contributed by atoms with Crippen molar-refractivity contribution in [3.05, 3.63) is 6.33 Å². The number of nitrogen functional groups attached to an aromatic ring is 1. The number of aliphatic hydroxyl groups excluding tert-OH is 1. The van der Waals surface area contributed by atoms with Crippen LogP contribution in [0.3, 0.4) is 0 Å². The summed E-state index contributed by atoms with van der Waals surface area (Å²) in [7, 11) is -0.703. The zero-order valence-corrected chi connectivity index (χ0v) is 22.0. The molecule has 2 aromatic heterocycles. The Bertz CT molecular complexity index is 1150. The molecule has 5 atom stereocenters. The van der Waals surface area contributed by atoms with Crippen LogP contribution in [-0.4, -0.2) is 81.3 Å². The molecule has 37 heavy (non-hydrogen) atoms. The van der Waals surface area contributed by atoms with E-state index >= 15 is 0 Å². The molecule has 0 aliphatic heterocycles. The number of fused-ring (bicyclic) bond motifs is 1. The summed E-state index contributed by atoms with van der Waals surface area (Å²) in [4.78, 5) is 26.7. The van der Waals surface area contributed by atoms with Gasteiger partial charge in [-0.2, -0.15) is 9.97 Å². The molecule has 2 aromatic rings. The first-order valence-corrected chi connectivity index (χ1v) is 12.9. The maximum absolute atomic E-state index is 14.2. The van der Waals surface area contributed by atoms with Crippen molar-refractivity contribution in [3.8, 4) is 12.3 Å². The number of imidazole rings is 1. The van der Waals surface area contributed by atoms with Crippen LogP contribution in [0.2, 0.25) is 0 Å². The molecule has 2 heterocycles. The number of esters is 1. The van der Waals surface area contributed by atoms with E-state index in [1.54, 1.807) is 13.8 Å². The van der Waals surface area contributed by atoms with E-state index in [0.717, 1.165) is 12.8 Å². The molecule has 1 aliphatic rings. The van der Waals surface area contributed by atoms with Gasteiger partial charge in [-0.05, 0) is 38.2 Å². The van der Waals surface area contributed by atoms with E-state index in [1.165, 1.54) is 17.8 Å². The van der Waals surface area contributed by atoms with Crippen LogP contribution in [0.5, 0.6) is 0 Å². The molecule has 202 valence electrons. The number of carbonyl (C=O) groups excluding carboxylic acids is 1. The van der Waals surface area contributed by atoms with Gasteiger partial charge >= 0.3 is 14.1 Å². The summed E-state index contributed by atoms with van der Waals surface area (Å²) in [6, 6.07) is -0.610. The SMILES string of the molecule is C#C[C@H](O)C(CO[P+](=O)N[C@@H](C)C(=O)OC(C)C)O[C@H](CF)n1cnc2c(N(C)C3CC3)nc(N)nc21. The van der Waals surface area contributed by atoms with Crippen LogP contribution in [0.1, 0.15) is 39.8 Å². The third-order valence-electron chi connectivity index (χ3n) is 5.51. The lowest BCUT2D eigenvalue weighted by Gasteiger charge is -2.24. The number of ether oxygens (including phenoxy) is 2. The minimum absolute atomic E-state index is 0.0221. The van der Waals surface area contributed by atoms with E-state index in [2.05, 4.69) is 26.0 Å². The lowest BCUT2D eigenvalue weighted by Crippen LogP contribution is -2.36. The van der Waals surface area contributed by atoms with Gasteiger partial charge in [0.1, 0.15) is 31.5 Å². The van der Waals surface area contributed by atoms with Crippen LogP contribution < -0.4 is 15.7 Å². The molecule has 2 unspecified atom stereocenters. The Hall–Kier alpha value is -2.95. The van der Waals surface area contributed by atoms with Gasteiger partial charge in [-0.25, -0.2) is 9.37 Å². The topological polar surface area (TPSA) is 167 Å². The molecule has 15 heteroatoms. The third-order valence-corrected chi connectivity index (χ3v) is 6.49. The van der Waals surface area contributed by atoms with E-state index in [-0.39, 0.29) is 17.7 Å². The first kappa shape index (κ1) is 28.6. The fourth-order valence-corrected chi connectivity index (χ4v) is 4.20. The van der Waals surface area contributed by atoms with Crippen molar-refractivity contribution in [1.29, 1.82) is 0 Å². The van der Waals surface area contributed by atoms with Gasteiger partial charge in [-0.3, -0.25) is 9.36 Å². The predicted molar refractivity (Wildman–Crippen MR) is 133 cm³/mol. The quantitative estimate of drug-likeness (QED) is 0.180. The lowest BCUT2D eigenvalue weighted by molar-refractivity contribution is -0.149. The highest BCUT2D eigenvalue weighted by Gasteiger charge is 2.34. The van der Waals surface area contributed by atoms with Crippen molar-refractivity contribution in [2.45, 2.75) is 70.2 Å². The molecule has 3 rings (SSSR count). The number of terminal acetylenes is 1. The molecule has 13 nitrogen and oxygen atoms in total. The summed E-state index contributed by atoms with van der Waals surface area (Å²) in [6.45, 7) is 3.30. The normalized spacial score (nSPS) is 17.2. The molecule has 1 saturated carbocycles. The molecule has 4 N–H and O–H groups in total. The Morgan fingerprint density at radius 3 is 2.73 bits per heavy atom. The number of nitrogens with two attached hydrogens (primary N) is 1. The maximum Gasteiger partial charge on any atom is 0.613 e. The first-order valence-electron chi connectivity index (χ1n) is 11.7. The molecule has 0 radical (unpaired) electrons. The van der Waals surface area contributed by atoms with Crippen molar-refractivity contribution >= 4 is 37.1 Å². The first-order chi connectivity index (χ1) is 17.5. The predicted octanol–water partition coefficient (Wildman–Crippen LogP) is 1.46. The fourth-order valence-electron chi connectivity index (χ4n) is 3.42. The Labute approximate surface area is 214 Å². The number of halogens is 1. The second-order valence-electron chi connectivity index (χ2n) is 8.86. The average Bonchev–Trinajstić information content (AvgIpc) is 3.62. The van der Waals surface area contributed by atoms with Gasteiger partial charge in [0.05, 0.1) is 12.4 Å². The van der Waals surface area contributed by atoms with Crippen molar-refractivity contribution in [2.75, 3.05) is 31.0 Å². The number of anilines is 2. The fraction of sp³-hybridized carbons (Fsp3) is 0.636. The van der Waals surface area contributed by atoms with Crippen LogP contribution in [0.25, 0.3) is 11.2 Å². The molecule has 0 saturated heterocycles. The highest BCUT2D eigenvalue weighted by Crippen LogP contribution is 2.33. The van der Waals surface area contributed by atoms with E-state index in [9.17, 15) is 18.9 Å². The van der Waals surface area contributed by atoms with Crippen molar-refractivity contribution in [3.63, 3.8) is 0 Å². The van der Waals surface area contributed by atoms with Crippen molar-refractivity contribution in [1.82, 2.24) is 24.6 Å². The standard InChI is InChI=1S/C22H32FN7O6P/c1-6-15(31)16(10-34-37(33)28-13(4)21(32)35-12(2)3)36-17(9-23)30-11-25-18-19(29(5)14-7-8-14)26-22(24)27-20(18)30/h1,11-17,31H,7-10H2,2-5H3,(H,28,33)(H2,24,26,27)/q+1/t13-,15-,16?,17+/m0/s1. The maximum atomic E-state index is 14.2. The largest absolute Gasteiger partial charge is 0.613 e. The number of aromatic nitrogens is 4. The van der Waals surface area contributed by atoms with E-state index in [0.29, 0.717) is 17.4 Å². The van der Waals surface area contributed by atoms with E-state index in [4.69, 9.17) is 26.2 Å². The van der Waals surface area contributed by atoms with Crippen LogP contribution >= 0.6 is 8.18 Å². The zero-order chi connectivity index (χ0) is 27.3. The number of hydrogen-bond acceptors (Lipinski definition) is 11. The van der Waals surface area contributed by atoms with Crippen LogP contribution in [-0.2, 0) is 23.4 Å². The summed E-state index contributed by atoms with van der Waals surface area (Å²) in [5.74, 6) is 1.97. The van der Waals surface area contributed by atoms with Gasteiger partial charge in [0, 0.05) is 13.1 Å². The van der Waals surface area contributed by atoms with Gasteiger partial charge < -0.3 is 25.2 Å².